The second kappa shape index (κ2) is 7.24. The molecule has 1 heterocycles. The summed E-state index contributed by atoms with van der Waals surface area (Å²) in [6.07, 6.45) is 1.63. The van der Waals surface area contributed by atoms with Crippen LogP contribution in [0.5, 0.6) is 0 Å². The van der Waals surface area contributed by atoms with Crippen LogP contribution in [0.4, 0.5) is 5.69 Å². The number of halogens is 1. The maximum atomic E-state index is 11.9. The fourth-order valence-electron chi connectivity index (χ4n) is 1.62. The molecule has 0 saturated heterocycles. The molecule has 0 aliphatic carbocycles. The van der Waals surface area contributed by atoms with Gasteiger partial charge in [-0.3, -0.25) is 9.59 Å². The van der Waals surface area contributed by atoms with Crippen LogP contribution in [-0.2, 0) is 4.79 Å². The van der Waals surface area contributed by atoms with Gasteiger partial charge in [0.15, 0.2) is 5.78 Å². The fourth-order valence-corrected chi connectivity index (χ4v) is 2.59. The number of benzene rings is 1. The largest absolute Gasteiger partial charge is 0.325 e. The third kappa shape index (κ3) is 4.58. The van der Waals surface area contributed by atoms with Crippen LogP contribution >= 0.6 is 23.4 Å². The minimum absolute atomic E-state index is 0.0410. The number of ketones is 1. The van der Waals surface area contributed by atoms with Crippen LogP contribution in [0, 0.1) is 0 Å². The minimum atomic E-state index is -0.178. The van der Waals surface area contributed by atoms with E-state index in [1.54, 1.807) is 42.6 Å². The Kier molecular flexibility index (Phi) is 5.36. The molecule has 21 heavy (non-hydrogen) atoms. The monoisotopic (exact) mass is 320 g/mol. The first-order valence-electron chi connectivity index (χ1n) is 6.20. The zero-order chi connectivity index (χ0) is 15.2. The number of aromatic nitrogens is 1. The second-order valence-corrected chi connectivity index (χ2v) is 5.64. The lowest BCUT2D eigenvalue weighted by Gasteiger charge is -2.06. The summed E-state index contributed by atoms with van der Waals surface area (Å²) in [6, 6.07) is 10.3. The van der Waals surface area contributed by atoms with Crippen molar-refractivity contribution in [3.63, 3.8) is 0 Å². The highest BCUT2D eigenvalue weighted by atomic mass is 35.5. The smallest absolute Gasteiger partial charge is 0.234 e. The Morgan fingerprint density at radius 1 is 1.29 bits per heavy atom. The molecule has 6 heteroatoms. The number of Topliss-reactive ketones (excluding diaryl/α,β-unsaturated/α-hetero) is 1. The highest BCUT2D eigenvalue weighted by Crippen LogP contribution is 2.24. The molecule has 0 spiro atoms. The first-order chi connectivity index (χ1) is 10.1. The summed E-state index contributed by atoms with van der Waals surface area (Å²) in [5.41, 5.74) is 1.16. The number of rotatable bonds is 5. The number of amides is 1. The number of carbonyl (C=O) groups excluding carboxylic acids is 2. The number of hydrogen-bond acceptors (Lipinski definition) is 4. The lowest BCUT2D eigenvalue weighted by atomic mass is 10.1. The highest BCUT2D eigenvalue weighted by Gasteiger charge is 2.08. The zero-order valence-corrected chi connectivity index (χ0v) is 12.9. The Hall–Kier alpha value is -1.85. The number of hydrogen-bond donors (Lipinski definition) is 1. The third-order valence-corrected chi connectivity index (χ3v) is 4.04. The summed E-state index contributed by atoms with van der Waals surface area (Å²) in [6.45, 7) is 1.49. The van der Waals surface area contributed by atoms with Crippen LogP contribution in [0.15, 0.2) is 47.6 Å². The molecule has 2 aromatic rings. The van der Waals surface area contributed by atoms with Gasteiger partial charge >= 0.3 is 0 Å². The molecule has 1 aromatic heterocycles. The molecular weight excluding hydrogens is 308 g/mol. The molecule has 0 bridgehead atoms. The van der Waals surface area contributed by atoms with E-state index in [9.17, 15) is 9.59 Å². The lowest BCUT2D eigenvalue weighted by molar-refractivity contribution is -0.113. The van der Waals surface area contributed by atoms with Gasteiger partial charge in [0.2, 0.25) is 5.91 Å². The molecule has 0 saturated carbocycles. The summed E-state index contributed by atoms with van der Waals surface area (Å²) in [5, 5.41) is 3.88. The van der Waals surface area contributed by atoms with E-state index in [2.05, 4.69) is 10.3 Å². The molecule has 0 fully saturated rings. The van der Waals surface area contributed by atoms with E-state index in [1.807, 2.05) is 0 Å². The standard InChI is InChI=1S/C15H13ClN2O2S/c1-10(19)11-4-2-5-12(8-11)18-14(20)9-21-15-13(16)6-3-7-17-15/h2-8H,9H2,1H3,(H,18,20). The van der Waals surface area contributed by atoms with Crippen LogP contribution in [-0.4, -0.2) is 22.4 Å². The molecule has 108 valence electrons. The molecule has 0 radical (unpaired) electrons. The summed E-state index contributed by atoms with van der Waals surface area (Å²) >= 11 is 7.23. The SMILES string of the molecule is CC(=O)c1cccc(NC(=O)CSc2ncccc2Cl)c1. The van der Waals surface area contributed by atoms with E-state index >= 15 is 0 Å². The van der Waals surface area contributed by atoms with Crippen LogP contribution in [0.1, 0.15) is 17.3 Å². The van der Waals surface area contributed by atoms with Gasteiger partial charge in [-0.2, -0.15) is 0 Å². The van der Waals surface area contributed by atoms with Gasteiger partial charge in [-0.25, -0.2) is 4.98 Å². The molecule has 0 unspecified atom stereocenters. The van der Waals surface area contributed by atoms with Crippen LogP contribution in [0.25, 0.3) is 0 Å². The average Bonchev–Trinajstić information content (AvgIpc) is 2.46. The summed E-state index contributed by atoms with van der Waals surface area (Å²) in [5.74, 6) is -0.0238. The summed E-state index contributed by atoms with van der Waals surface area (Å²) in [7, 11) is 0. The Morgan fingerprint density at radius 2 is 2.10 bits per heavy atom. The molecule has 4 nitrogen and oxygen atoms in total. The number of nitrogens with one attached hydrogen (secondary N) is 1. The minimum Gasteiger partial charge on any atom is -0.325 e. The number of anilines is 1. The van der Waals surface area contributed by atoms with Crippen LogP contribution < -0.4 is 5.32 Å². The summed E-state index contributed by atoms with van der Waals surface area (Å²) < 4.78 is 0. The molecule has 2 rings (SSSR count). The Bertz CT molecular complexity index is 676. The Morgan fingerprint density at radius 3 is 2.81 bits per heavy atom. The van der Waals surface area contributed by atoms with Crippen LogP contribution in [0.2, 0.25) is 5.02 Å². The molecule has 1 aromatic carbocycles. The van der Waals surface area contributed by atoms with Crippen molar-refractivity contribution in [1.82, 2.24) is 4.98 Å². The second-order valence-electron chi connectivity index (χ2n) is 4.26. The van der Waals surface area contributed by atoms with Gasteiger partial charge in [-0.1, -0.05) is 35.5 Å². The maximum Gasteiger partial charge on any atom is 0.234 e. The van der Waals surface area contributed by atoms with Crippen molar-refractivity contribution in [3.05, 3.63) is 53.2 Å². The van der Waals surface area contributed by atoms with Gasteiger partial charge in [-0.15, -0.1) is 0 Å². The average molecular weight is 321 g/mol. The fraction of sp³-hybridized carbons (Fsp3) is 0.133. The molecule has 1 amide bonds. The van der Waals surface area contributed by atoms with Crippen molar-refractivity contribution in [3.8, 4) is 0 Å². The predicted octanol–water partition coefficient (Wildman–Crippen LogP) is 3.67. The van der Waals surface area contributed by atoms with E-state index in [1.165, 1.54) is 18.7 Å². The maximum absolute atomic E-state index is 11.9. The van der Waals surface area contributed by atoms with Gasteiger partial charge < -0.3 is 5.32 Å². The van der Waals surface area contributed by atoms with Crippen molar-refractivity contribution in [2.24, 2.45) is 0 Å². The van der Waals surface area contributed by atoms with Crippen molar-refractivity contribution >= 4 is 40.7 Å². The number of carbonyl (C=O) groups is 2. The zero-order valence-electron chi connectivity index (χ0n) is 11.3. The molecule has 0 aliphatic heterocycles. The quantitative estimate of drug-likeness (QED) is 0.674. The molecule has 1 N–H and O–H groups in total. The van der Waals surface area contributed by atoms with Gasteiger partial charge in [0.25, 0.3) is 0 Å². The van der Waals surface area contributed by atoms with Gasteiger partial charge in [0.1, 0.15) is 5.03 Å². The Labute approximate surface area is 131 Å². The third-order valence-electron chi connectivity index (χ3n) is 2.62. The number of pyridine rings is 1. The Balaban J connectivity index is 1.95. The van der Waals surface area contributed by atoms with E-state index < -0.39 is 0 Å². The van der Waals surface area contributed by atoms with Crippen molar-refractivity contribution in [2.75, 3.05) is 11.1 Å². The van der Waals surface area contributed by atoms with Gasteiger partial charge in [0, 0.05) is 17.4 Å². The first-order valence-corrected chi connectivity index (χ1v) is 7.57. The van der Waals surface area contributed by atoms with Gasteiger partial charge in [-0.05, 0) is 31.2 Å². The number of nitrogens with zero attached hydrogens (tertiary/aromatic N) is 1. The van der Waals surface area contributed by atoms with E-state index in [4.69, 9.17) is 11.6 Å². The molecule has 0 atom stereocenters. The van der Waals surface area contributed by atoms with Crippen LogP contribution in [0.3, 0.4) is 0 Å². The lowest BCUT2D eigenvalue weighted by Crippen LogP contribution is -2.14. The molecular formula is C15H13ClN2O2S. The van der Waals surface area contributed by atoms with Crippen molar-refractivity contribution in [1.29, 1.82) is 0 Å². The number of thioether (sulfide) groups is 1. The van der Waals surface area contributed by atoms with Crippen molar-refractivity contribution in [2.45, 2.75) is 11.9 Å². The normalized spacial score (nSPS) is 10.2. The predicted molar refractivity (Wildman–Crippen MR) is 85.0 cm³/mol. The van der Waals surface area contributed by atoms with E-state index in [0.29, 0.717) is 21.3 Å². The molecule has 0 aliphatic rings. The highest BCUT2D eigenvalue weighted by molar-refractivity contribution is 8.00. The van der Waals surface area contributed by atoms with E-state index in [-0.39, 0.29) is 17.4 Å². The van der Waals surface area contributed by atoms with Crippen molar-refractivity contribution < 1.29 is 9.59 Å². The topological polar surface area (TPSA) is 59.1 Å². The summed E-state index contributed by atoms with van der Waals surface area (Å²) in [4.78, 5) is 27.3. The van der Waals surface area contributed by atoms with E-state index in [0.717, 1.165) is 0 Å². The van der Waals surface area contributed by atoms with Gasteiger partial charge in [0.05, 0.1) is 10.8 Å². The first kappa shape index (κ1) is 15.5.